The first-order chi connectivity index (χ1) is 7.79. The van der Waals surface area contributed by atoms with E-state index in [1.807, 2.05) is 0 Å². The van der Waals surface area contributed by atoms with Crippen molar-refractivity contribution in [2.45, 2.75) is 18.1 Å². The van der Waals surface area contributed by atoms with Gasteiger partial charge in [-0.2, -0.15) is 0 Å². The minimum absolute atomic E-state index is 0.0985. The summed E-state index contributed by atoms with van der Waals surface area (Å²) in [6.45, 7) is 1.65. The molecule has 0 aromatic carbocycles. The quantitative estimate of drug-likeness (QED) is 0.690. The molecule has 0 saturated carbocycles. The SMILES string of the molecule is CC(CS(C)(=O)=O)n1nnnc1SCC(=O)O. The summed E-state index contributed by atoms with van der Waals surface area (Å²) in [5.74, 6) is -1.26. The van der Waals surface area contributed by atoms with Crippen LogP contribution in [0.25, 0.3) is 0 Å². The van der Waals surface area contributed by atoms with Crippen molar-refractivity contribution in [1.29, 1.82) is 0 Å². The number of carbonyl (C=O) groups is 1. The maximum atomic E-state index is 11.1. The fourth-order valence-electron chi connectivity index (χ4n) is 1.19. The van der Waals surface area contributed by atoms with E-state index in [9.17, 15) is 13.2 Å². The highest BCUT2D eigenvalue weighted by Crippen LogP contribution is 2.18. The van der Waals surface area contributed by atoms with Crippen LogP contribution in [-0.4, -0.2) is 57.5 Å². The van der Waals surface area contributed by atoms with Gasteiger partial charge in [0.15, 0.2) is 0 Å². The maximum absolute atomic E-state index is 11.1. The number of nitrogens with zero attached hydrogens (tertiary/aromatic N) is 4. The van der Waals surface area contributed by atoms with Crippen LogP contribution in [0.5, 0.6) is 0 Å². The van der Waals surface area contributed by atoms with E-state index in [1.54, 1.807) is 6.92 Å². The summed E-state index contributed by atoms with van der Waals surface area (Å²) in [4.78, 5) is 10.4. The zero-order valence-electron chi connectivity index (χ0n) is 9.27. The van der Waals surface area contributed by atoms with Crippen molar-refractivity contribution in [2.75, 3.05) is 17.8 Å². The highest BCUT2D eigenvalue weighted by Gasteiger charge is 2.18. The van der Waals surface area contributed by atoms with Crippen LogP contribution < -0.4 is 0 Å². The number of tetrazole rings is 1. The number of hydrogen-bond donors (Lipinski definition) is 1. The Bertz CT molecular complexity index is 498. The molecule has 0 amide bonds. The summed E-state index contributed by atoms with van der Waals surface area (Å²) in [5, 5.41) is 19.5. The number of aromatic nitrogens is 4. The molecule has 0 aliphatic rings. The smallest absolute Gasteiger partial charge is 0.313 e. The van der Waals surface area contributed by atoms with Gasteiger partial charge in [-0.25, -0.2) is 13.1 Å². The summed E-state index contributed by atoms with van der Waals surface area (Å²) < 4.78 is 23.6. The zero-order valence-corrected chi connectivity index (χ0v) is 10.9. The van der Waals surface area contributed by atoms with Gasteiger partial charge in [0.25, 0.3) is 0 Å². The maximum Gasteiger partial charge on any atom is 0.313 e. The van der Waals surface area contributed by atoms with Crippen molar-refractivity contribution in [3.8, 4) is 0 Å². The van der Waals surface area contributed by atoms with Gasteiger partial charge in [-0.1, -0.05) is 11.8 Å². The normalized spacial score (nSPS) is 13.5. The Hall–Kier alpha value is -1.16. The summed E-state index contributed by atoms with van der Waals surface area (Å²) in [7, 11) is -3.14. The first-order valence-corrected chi connectivity index (χ1v) is 7.64. The molecular formula is C7H12N4O4S2. The molecule has 0 aliphatic heterocycles. The van der Waals surface area contributed by atoms with E-state index >= 15 is 0 Å². The predicted molar refractivity (Wildman–Crippen MR) is 60.6 cm³/mol. The molecule has 1 heterocycles. The van der Waals surface area contributed by atoms with Crippen LogP contribution in [0.1, 0.15) is 13.0 Å². The molecule has 1 unspecified atom stereocenters. The van der Waals surface area contributed by atoms with Gasteiger partial charge in [-0.15, -0.1) is 5.10 Å². The summed E-state index contributed by atoms with van der Waals surface area (Å²) in [6, 6.07) is -0.434. The third-order valence-electron chi connectivity index (χ3n) is 1.75. The van der Waals surface area contributed by atoms with Crippen LogP contribution in [0.2, 0.25) is 0 Å². The second-order valence-electron chi connectivity index (χ2n) is 3.53. The molecule has 17 heavy (non-hydrogen) atoms. The van der Waals surface area contributed by atoms with Gasteiger partial charge in [0.05, 0.1) is 17.5 Å². The Balaban J connectivity index is 2.77. The number of rotatable bonds is 6. The lowest BCUT2D eigenvalue weighted by molar-refractivity contribution is -0.133. The predicted octanol–water partition coefficient (Wildman–Crippen LogP) is -0.545. The lowest BCUT2D eigenvalue weighted by atomic mass is 10.4. The third-order valence-corrected chi connectivity index (χ3v) is 3.75. The Morgan fingerprint density at radius 1 is 1.59 bits per heavy atom. The molecule has 1 N–H and O–H groups in total. The van der Waals surface area contributed by atoms with E-state index in [0.717, 1.165) is 18.0 Å². The van der Waals surface area contributed by atoms with Gasteiger partial charge >= 0.3 is 5.97 Å². The van der Waals surface area contributed by atoms with E-state index < -0.39 is 21.8 Å². The molecule has 1 atom stereocenters. The highest BCUT2D eigenvalue weighted by molar-refractivity contribution is 7.99. The van der Waals surface area contributed by atoms with Crippen LogP contribution >= 0.6 is 11.8 Å². The molecule has 96 valence electrons. The molecule has 0 bridgehead atoms. The minimum atomic E-state index is -3.14. The summed E-state index contributed by atoms with van der Waals surface area (Å²) >= 11 is 0.949. The van der Waals surface area contributed by atoms with E-state index in [2.05, 4.69) is 15.5 Å². The van der Waals surface area contributed by atoms with Crippen molar-refractivity contribution >= 4 is 27.6 Å². The molecule has 0 radical (unpaired) electrons. The molecule has 1 aromatic rings. The fraction of sp³-hybridized carbons (Fsp3) is 0.714. The highest BCUT2D eigenvalue weighted by atomic mass is 32.2. The van der Waals surface area contributed by atoms with Crippen molar-refractivity contribution in [1.82, 2.24) is 20.2 Å². The van der Waals surface area contributed by atoms with E-state index in [0.29, 0.717) is 5.16 Å². The molecule has 1 rings (SSSR count). The number of carboxylic acids is 1. The standard InChI is InChI=1S/C7H12N4O4S2/c1-5(4-17(2,14)15)11-7(8-9-10-11)16-3-6(12)13/h5H,3-4H2,1-2H3,(H,12,13). The lowest BCUT2D eigenvalue weighted by Crippen LogP contribution is -2.18. The second-order valence-corrected chi connectivity index (χ2v) is 6.66. The molecular weight excluding hydrogens is 268 g/mol. The Kier molecular flexibility index (Phi) is 4.46. The van der Waals surface area contributed by atoms with Crippen LogP contribution in [0, 0.1) is 0 Å². The van der Waals surface area contributed by atoms with E-state index in [4.69, 9.17) is 5.11 Å². The van der Waals surface area contributed by atoms with Gasteiger partial charge in [0, 0.05) is 6.26 Å². The number of hydrogen-bond acceptors (Lipinski definition) is 7. The number of thioether (sulfide) groups is 1. The van der Waals surface area contributed by atoms with Crippen LogP contribution in [0.3, 0.4) is 0 Å². The molecule has 1 aromatic heterocycles. The zero-order chi connectivity index (χ0) is 13.1. The van der Waals surface area contributed by atoms with Crippen molar-refractivity contribution in [3.63, 3.8) is 0 Å². The Morgan fingerprint density at radius 3 is 2.76 bits per heavy atom. The third kappa shape index (κ3) is 4.69. The van der Waals surface area contributed by atoms with Crippen molar-refractivity contribution in [2.24, 2.45) is 0 Å². The topological polar surface area (TPSA) is 115 Å². The fourth-order valence-corrected chi connectivity index (χ4v) is 2.91. The van der Waals surface area contributed by atoms with Crippen molar-refractivity contribution < 1.29 is 18.3 Å². The molecule has 0 spiro atoms. The minimum Gasteiger partial charge on any atom is -0.481 e. The van der Waals surface area contributed by atoms with E-state index in [1.165, 1.54) is 4.68 Å². The number of carboxylic acid groups (broad SMARTS) is 1. The number of sulfone groups is 1. The Morgan fingerprint density at radius 2 is 2.24 bits per heavy atom. The van der Waals surface area contributed by atoms with Gasteiger partial charge < -0.3 is 5.11 Å². The molecule has 10 heteroatoms. The van der Waals surface area contributed by atoms with Gasteiger partial charge in [0.2, 0.25) is 5.16 Å². The van der Waals surface area contributed by atoms with Crippen LogP contribution in [-0.2, 0) is 14.6 Å². The summed E-state index contributed by atoms with van der Waals surface area (Å²) in [5.41, 5.74) is 0. The van der Waals surface area contributed by atoms with Crippen LogP contribution in [0.15, 0.2) is 5.16 Å². The van der Waals surface area contributed by atoms with Crippen molar-refractivity contribution in [3.05, 3.63) is 0 Å². The Labute approximate surface area is 102 Å². The molecule has 0 fully saturated rings. The molecule has 8 nitrogen and oxygen atoms in total. The molecule has 0 saturated heterocycles. The first kappa shape index (κ1) is 13.9. The van der Waals surface area contributed by atoms with Gasteiger partial charge in [-0.05, 0) is 17.4 Å². The first-order valence-electron chi connectivity index (χ1n) is 4.60. The lowest BCUT2D eigenvalue weighted by Gasteiger charge is -2.11. The molecule has 0 aliphatic carbocycles. The monoisotopic (exact) mass is 280 g/mol. The summed E-state index contributed by atoms with van der Waals surface area (Å²) in [6.07, 6.45) is 1.12. The number of aliphatic carboxylic acids is 1. The average molecular weight is 280 g/mol. The van der Waals surface area contributed by atoms with Gasteiger partial charge in [0.1, 0.15) is 9.84 Å². The van der Waals surface area contributed by atoms with Crippen LogP contribution in [0.4, 0.5) is 0 Å². The average Bonchev–Trinajstić information content (AvgIpc) is 2.59. The van der Waals surface area contributed by atoms with E-state index in [-0.39, 0.29) is 11.5 Å². The second kappa shape index (κ2) is 5.45. The largest absolute Gasteiger partial charge is 0.481 e. The van der Waals surface area contributed by atoms with Gasteiger partial charge in [-0.3, -0.25) is 4.79 Å².